The number of benzene rings is 1. The molecule has 0 spiro atoms. The van der Waals surface area contributed by atoms with Crippen molar-refractivity contribution >= 4 is 0 Å². The molecule has 0 saturated carbocycles. The molecule has 4 heteroatoms. The van der Waals surface area contributed by atoms with E-state index in [4.69, 9.17) is 4.52 Å². The minimum Gasteiger partial charge on any atom is -0.507 e. The molecule has 0 bridgehead atoms. The quantitative estimate of drug-likeness (QED) is 0.377. The molecule has 0 fully saturated rings. The Bertz CT molecular complexity index is 948. The van der Waals surface area contributed by atoms with Crippen LogP contribution in [0, 0.1) is 19.8 Å². The Morgan fingerprint density at radius 3 is 2.53 bits per heavy atom. The van der Waals surface area contributed by atoms with Gasteiger partial charge in [0.2, 0.25) is 0 Å². The summed E-state index contributed by atoms with van der Waals surface area (Å²) in [7, 11) is 0. The number of phenols is 2. The highest BCUT2D eigenvalue weighted by atomic mass is 16.5. The van der Waals surface area contributed by atoms with E-state index in [9.17, 15) is 10.2 Å². The molecular weight excluding hydrogens is 374 g/mol. The molecule has 2 aromatic rings. The van der Waals surface area contributed by atoms with Crippen LogP contribution in [0.3, 0.4) is 0 Å². The Labute approximate surface area is 180 Å². The van der Waals surface area contributed by atoms with Gasteiger partial charge in [-0.1, -0.05) is 48.7 Å². The predicted molar refractivity (Wildman–Crippen MR) is 122 cm³/mol. The molecule has 0 radical (unpaired) electrons. The molecule has 3 rings (SSSR count). The van der Waals surface area contributed by atoms with Crippen molar-refractivity contribution in [2.45, 2.75) is 79.1 Å². The molecule has 1 aliphatic carbocycles. The van der Waals surface area contributed by atoms with Gasteiger partial charge in [-0.15, -0.1) is 0 Å². The monoisotopic (exact) mass is 409 g/mol. The van der Waals surface area contributed by atoms with Crippen molar-refractivity contribution in [1.29, 1.82) is 0 Å². The van der Waals surface area contributed by atoms with E-state index in [1.165, 1.54) is 5.57 Å². The molecule has 2 unspecified atom stereocenters. The lowest BCUT2D eigenvalue weighted by Crippen LogP contribution is -2.17. The highest BCUT2D eigenvalue weighted by Crippen LogP contribution is 2.51. The standard InChI is InChI=1S/C26H35NO3/c1-7-8-9-10-19-14-22(28)25(21-13-16(4)11-12-20(21)15(2)3)26(29)24(19)23-17(5)27-30-18(23)6/h13-14,20-21,28-29H,2,7-12H2,1,3-6H3. The average molecular weight is 410 g/mol. The Hall–Kier alpha value is -2.49. The zero-order valence-corrected chi connectivity index (χ0v) is 19.0. The molecule has 1 heterocycles. The zero-order chi connectivity index (χ0) is 22.0. The number of unbranched alkanes of at least 4 members (excludes halogenated alkanes) is 2. The number of hydrogen-bond acceptors (Lipinski definition) is 4. The fourth-order valence-corrected chi connectivity index (χ4v) is 4.84. The first-order valence-corrected chi connectivity index (χ1v) is 11.1. The number of aromatic nitrogens is 1. The third kappa shape index (κ3) is 4.19. The Morgan fingerprint density at radius 2 is 1.93 bits per heavy atom. The molecular formula is C26H35NO3. The van der Waals surface area contributed by atoms with Crippen LogP contribution in [0.15, 0.2) is 34.4 Å². The first-order chi connectivity index (χ1) is 14.3. The van der Waals surface area contributed by atoms with Crippen LogP contribution < -0.4 is 0 Å². The van der Waals surface area contributed by atoms with Gasteiger partial charge in [0.1, 0.15) is 17.3 Å². The number of phenolic OH excluding ortho intramolecular Hbond substituents is 2. The fraction of sp³-hybridized carbons (Fsp3) is 0.500. The highest BCUT2D eigenvalue weighted by molar-refractivity contribution is 5.80. The Balaban J connectivity index is 2.24. The molecule has 0 aliphatic heterocycles. The van der Waals surface area contributed by atoms with Gasteiger partial charge in [-0.2, -0.15) is 0 Å². The molecule has 1 aromatic carbocycles. The third-order valence-corrected chi connectivity index (χ3v) is 6.45. The SMILES string of the molecule is C=C(C)C1CCC(C)=CC1c1c(O)cc(CCCCC)c(-c2c(C)noc2C)c1O. The molecule has 1 aromatic heterocycles. The largest absolute Gasteiger partial charge is 0.507 e. The van der Waals surface area contributed by atoms with Crippen LogP contribution in [0.25, 0.3) is 11.1 Å². The average Bonchev–Trinajstić information content (AvgIpc) is 3.00. The number of hydrogen-bond donors (Lipinski definition) is 2. The first-order valence-electron chi connectivity index (χ1n) is 11.1. The maximum atomic E-state index is 11.6. The van der Waals surface area contributed by atoms with Crippen molar-refractivity contribution in [3.05, 3.63) is 52.4 Å². The highest BCUT2D eigenvalue weighted by Gasteiger charge is 2.33. The van der Waals surface area contributed by atoms with E-state index in [1.807, 2.05) is 26.8 Å². The second kappa shape index (κ2) is 9.11. The maximum Gasteiger partial charge on any atom is 0.141 e. The number of nitrogens with zero attached hydrogens (tertiary/aromatic N) is 1. The smallest absolute Gasteiger partial charge is 0.141 e. The van der Waals surface area contributed by atoms with Crippen LogP contribution in [0.1, 0.15) is 81.4 Å². The van der Waals surface area contributed by atoms with E-state index in [2.05, 4.69) is 31.7 Å². The zero-order valence-electron chi connectivity index (χ0n) is 19.0. The van der Waals surface area contributed by atoms with Crippen molar-refractivity contribution in [2.75, 3.05) is 0 Å². The van der Waals surface area contributed by atoms with E-state index in [0.29, 0.717) is 11.3 Å². The summed E-state index contributed by atoms with van der Waals surface area (Å²) in [6.07, 6.45) is 8.18. The van der Waals surface area contributed by atoms with Gasteiger partial charge in [0.05, 0.1) is 11.3 Å². The first kappa shape index (κ1) is 22.2. The lowest BCUT2D eigenvalue weighted by molar-refractivity contribution is 0.393. The second-order valence-corrected chi connectivity index (χ2v) is 8.88. The molecule has 4 nitrogen and oxygen atoms in total. The van der Waals surface area contributed by atoms with E-state index >= 15 is 0 Å². The van der Waals surface area contributed by atoms with Gasteiger partial charge in [0, 0.05) is 17.0 Å². The van der Waals surface area contributed by atoms with Crippen LogP contribution in [-0.2, 0) is 6.42 Å². The van der Waals surface area contributed by atoms with E-state index in [1.54, 1.807) is 0 Å². The van der Waals surface area contributed by atoms with Crippen molar-refractivity contribution in [3.63, 3.8) is 0 Å². The molecule has 2 N–H and O–H groups in total. The minimum absolute atomic E-state index is 0.0971. The van der Waals surface area contributed by atoms with Gasteiger partial charge >= 0.3 is 0 Å². The van der Waals surface area contributed by atoms with Crippen molar-refractivity contribution < 1.29 is 14.7 Å². The Kier molecular flexibility index (Phi) is 6.74. The van der Waals surface area contributed by atoms with Crippen LogP contribution in [0.2, 0.25) is 0 Å². The molecule has 162 valence electrons. The summed E-state index contributed by atoms with van der Waals surface area (Å²) >= 11 is 0. The van der Waals surface area contributed by atoms with Crippen LogP contribution in [0.4, 0.5) is 0 Å². The van der Waals surface area contributed by atoms with Crippen LogP contribution in [0.5, 0.6) is 11.5 Å². The van der Waals surface area contributed by atoms with Gasteiger partial charge in [-0.3, -0.25) is 0 Å². The number of allylic oxidation sites excluding steroid dienone is 3. The molecule has 2 atom stereocenters. The summed E-state index contributed by atoms with van der Waals surface area (Å²) in [5.41, 5.74) is 6.24. The van der Waals surface area contributed by atoms with Crippen molar-refractivity contribution in [2.24, 2.45) is 5.92 Å². The van der Waals surface area contributed by atoms with Crippen LogP contribution in [-0.4, -0.2) is 15.4 Å². The predicted octanol–water partition coefficient (Wildman–Crippen LogP) is 7.12. The Morgan fingerprint density at radius 1 is 1.20 bits per heavy atom. The van der Waals surface area contributed by atoms with Crippen molar-refractivity contribution in [1.82, 2.24) is 5.16 Å². The summed E-state index contributed by atoms with van der Waals surface area (Å²) in [4.78, 5) is 0. The summed E-state index contributed by atoms with van der Waals surface area (Å²) < 4.78 is 5.43. The van der Waals surface area contributed by atoms with E-state index in [-0.39, 0.29) is 23.3 Å². The number of rotatable bonds is 7. The van der Waals surface area contributed by atoms with Gasteiger partial charge in [0.15, 0.2) is 0 Å². The van der Waals surface area contributed by atoms with Gasteiger partial charge in [-0.25, -0.2) is 0 Å². The van der Waals surface area contributed by atoms with Crippen LogP contribution >= 0.6 is 0 Å². The summed E-state index contributed by atoms with van der Waals surface area (Å²) in [5.74, 6) is 1.09. The lowest BCUT2D eigenvalue weighted by Gasteiger charge is -2.32. The van der Waals surface area contributed by atoms with E-state index in [0.717, 1.165) is 66.5 Å². The second-order valence-electron chi connectivity index (χ2n) is 8.88. The topological polar surface area (TPSA) is 66.5 Å². The molecule has 30 heavy (non-hydrogen) atoms. The maximum absolute atomic E-state index is 11.6. The lowest BCUT2D eigenvalue weighted by atomic mass is 9.73. The molecule has 1 aliphatic rings. The van der Waals surface area contributed by atoms with E-state index < -0.39 is 0 Å². The van der Waals surface area contributed by atoms with Crippen molar-refractivity contribution in [3.8, 4) is 22.6 Å². The number of aryl methyl sites for hydroxylation is 3. The van der Waals surface area contributed by atoms with Gasteiger partial charge < -0.3 is 14.7 Å². The molecule has 0 saturated heterocycles. The summed E-state index contributed by atoms with van der Waals surface area (Å²) in [6, 6.07) is 1.85. The normalized spacial score (nSPS) is 19.0. The van der Waals surface area contributed by atoms with Gasteiger partial charge in [0.25, 0.3) is 0 Å². The summed E-state index contributed by atoms with van der Waals surface area (Å²) in [5, 5.41) is 26.8. The van der Waals surface area contributed by atoms with Gasteiger partial charge in [-0.05, 0) is 70.9 Å². The summed E-state index contributed by atoms with van der Waals surface area (Å²) in [6.45, 7) is 14.3. The minimum atomic E-state index is -0.0971. The fourth-order valence-electron chi connectivity index (χ4n) is 4.84. The molecule has 0 amide bonds. The number of aromatic hydroxyl groups is 2. The third-order valence-electron chi connectivity index (χ3n) is 6.45.